The maximum atomic E-state index is 5.24. The Morgan fingerprint density at radius 1 is 0.226 bits per heavy atom. The van der Waals surface area contributed by atoms with Gasteiger partial charge in [0, 0.05) is 49.6 Å². The highest BCUT2D eigenvalue weighted by atomic mass is 15.0. The van der Waals surface area contributed by atoms with Crippen LogP contribution < -0.4 is 0 Å². The largest absolute Gasteiger partial charge is 0.309 e. The summed E-state index contributed by atoms with van der Waals surface area (Å²) in [6, 6.07) is 79.3. The minimum absolute atomic E-state index is 0.606. The van der Waals surface area contributed by atoms with Gasteiger partial charge >= 0.3 is 0 Å². The molecule has 0 bridgehead atoms. The zero-order chi connectivity index (χ0) is 41.0. The molecule has 62 heavy (non-hydrogen) atoms. The maximum Gasteiger partial charge on any atom is 0.164 e. The second-order valence-corrected chi connectivity index (χ2v) is 15.7. The van der Waals surface area contributed by atoms with E-state index in [1.54, 1.807) is 0 Å². The van der Waals surface area contributed by atoms with Crippen LogP contribution >= 0.6 is 0 Å². The van der Waals surface area contributed by atoms with Crippen LogP contribution in [0.25, 0.3) is 111 Å². The van der Waals surface area contributed by atoms with Gasteiger partial charge in [-0.15, -0.1) is 0 Å². The second-order valence-electron chi connectivity index (χ2n) is 15.7. The van der Waals surface area contributed by atoms with Crippen molar-refractivity contribution in [3.8, 4) is 67.8 Å². The fraction of sp³-hybridized carbons (Fsp3) is 0. The van der Waals surface area contributed by atoms with Crippen LogP contribution in [0.1, 0.15) is 0 Å². The Balaban J connectivity index is 1.07. The van der Waals surface area contributed by atoms with Gasteiger partial charge < -0.3 is 9.13 Å². The van der Waals surface area contributed by atoms with Crippen LogP contribution in [0.3, 0.4) is 0 Å². The SMILES string of the molecule is c1ccc(-c2ccc(-c3nc(-c4ccccc4)nc(-c4cc(-c5ccccc5)cc(-n5c6ccccc6c6cc(-n7c8ccccc8c8ccccc87)ccc65)c4)n3)cc2)cc1. The van der Waals surface area contributed by atoms with E-state index in [1.807, 2.05) is 24.3 Å². The molecular formula is C57H37N5. The first-order chi connectivity index (χ1) is 30.7. The van der Waals surface area contributed by atoms with Crippen molar-refractivity contribution >= 4 is 43.6 Å². The number of fused-ring (bicyclic) bond motifs is 6. The highest BCUT2D eigenvalue weighted by Gasteiger charge is 2.19. The number of aromatic nitrogens is 5. The smallest absolute Gasteiger partial charge is 0.164 e. The fourth-order valence-electron chi connectivity index (χ4n) is 9.04. The van der Waals surface area contributed by atoms with Gasteiger partial charge in [0.2, 0.25) is 0 Å². The van der Waals surface area contributed by atoms with Crippen molar-refractivity contribution < 1.29 is 0 Å². The zero-order valence-electron chi connectivity index (χ0n) is 33.6. The van der Waals surface area contributed by atoms with Gasteiger partial charge in [-0.3, -0.25) is 0 Å². The summed E-state index contributed by atoms with van der Waals surface area (Å²) < 4.78 is 4.78. The van der Waals surface area contributed by atoms with Gasteiger partial charge in [0.1, 0.15) is 0 Å². The zero-order valence-corrected chi connectivity index (χ0v) is 33.6. The fourth-order valence-corrected chi connectivity index (χ4v) is 9.04. The van der Waals surface area contributed by atoms with Crippen molar-refractivity contribution in [2.75, 3.05) is 0 Å². The molecular weight excluding hydrogens is 755 g/mol. The number of hydrogen-bond donors (Lipinski definition) is 0. The molecule has 3 aromatic heterocycles. The van der Waals surface area contributed by atoms with Crippen LogP contribution in [-0.2, 0) is 0 Å². The summed E-state index contributed by atoms with van der Waals surface area (Å²) in [4.78, 5) is 15.5. The molecule has 0 unspecified atom stereocenters. The predicted molar refractivity (Wildman–Crippen MR) is 256 cm³/mol. The molecule has 12 aromatic rings. The number of hydrogen-bond acceptors (Lipinski definition) is 3. The van der Waals surface area contributed by atoms with E-state index in [0.29, 0.717) is 17.5 Å². The first-order valence-electron chi connectivity index (χ1n) is 20.9. The summed E-state index contributed by atoms with van der Waals surface area (Å²) in [6.07, 6.45) is 0. The third kappa shape index (κ3) is 6.06. The van der Waals surface area contributed by atoms with Crippen LogP contribution in [0.2, 0.25) is 0 Å². The minimum atomic E-state index is 0.606. The second kappa shape index (κ2) is 14.7. The lowest BCUT2D eigenvalue weighted by molar-refractivity contribution is 1.07. The molecule has 0 aliphatic heterocycles. The molecule has 9 aromatic carbocycles. The Bertz CT molecular complexity index is 3550. The Hall–Kier alpha value is -8.41. The Morgan fingerprint density at radius 3 is 1.16 bits per heavy atom. The van der Waals surface area contributed by atoms with Gasteiger partial charge in [0.15, 0.2) is 17.5 Å². The van der Waals surface area contributed by atoms with Crippen molar-refractivity contribution in [2.45, 2.75) is 0 Å². The van der Waals surface area contributed by atoms with Gasteiger partial charge in [0.25, 0.3) is 0 Å². The Morgan fingerprint density at radius 2 is 0.597 bits per heavy atom. The topological polar surface area (TPSA) is 48.5 Å². The summed E-state index contributed by atoms with van der Waals surface area (Å²) in [5.74, 6) is 1.85. The van der Waals surface area contributed by atoms with E-state index in [4.69, 9.17) is 15.0 Å². The Kier molecular flexibility index (Phi) is 8.42. The van der Waals surface area contributed by atoms with Crippen LogP contribution in [0.5, 0.6) is 0 Å². The number of rotatable bonds is 7. The van der Waals surface area contributed by atoms with Gasteiger partial charge in [-0.05, 0) is 76.9 Å². The van der Waals surface area contributed by atoms with E-state index in [1.165, 1.54) is 38.1 Å². The van der Waals surface area contributed by atoms with Gasteiger partial charge in [-0.1, -0.05) is 170 Å². The molecule has 0 aliphatic carbocycles. The highest BCUT2D eigenvalue weighted by molar-refractivity contribution is 6.12. The summed E-state index contributed by atoms with van der Waals surface area (Å²) >= 11 is 0. The summed E-state index contributed by atoms with van der Waals surface area (Å²) in [7, 11) is 0. The Labute approximate surface area is 358 Å². The van der Waals surface area contributed by atoms with E-state index in [-0.39, 0.29) is 0 Å². The van der Waals surface area contributed by atoms with Crippen molar-refractivity contribution in [1.29, 1.82) is 0 Å². The quantitative estimate of drug-likeness (QED) is 0.162. The van der Waals surface area contributed by atoms with E-state index in [2.05, 4.69) is 209 Å². The molecule has 0 radical (unpaired) electrons. The molecule has 0 spiro atoms. The molecule has 3 heterocycles. The van der Waals surface area contributed by atoms with E-state index < -0.39 is 0 Å². The average Bonchev–Trinajstić information content (AvgIpc) is 3.87. The monoisotopic (exact) mass is 791 g/mol. The molecule has 5 heteroatoms. The maximum absolute atomic E-state index is 5.24. The first kappa shape index (κ1) is 35.5. The number of benzene rings is 9. The molecule has 0 amide bonds. The normalized spacial score (nSPS) is 11.5. The van der Waals surface area contributed by atoms with Crippen molar-refractivity contribution in [3.05, 3.63) is 224 Å². The average molecular weight is 792 g/mol. The lowest BCUT2D eigenvalue weighted by Crippen LogP contribution is -2.02. The molecule has 0 N–H and O–H groups in total. The van der Waals surface area contributed by atoms with Gasteiger partial charge in [-0.25, -0.2) is 15.0 Å². The molecule has 12 rings (SSSR count). The summed E-state index contributed by atoms with van der Waals surface area (Å²) in [5.41, 5.74) is 14.0. The van der Waals surface area contributed by atoms with Crippen LogP contribution in [0, 0.1) is 0 Å². The molecule has 0 aliphatic rings. The van der Waals surface area contributed by atoms with Gasteiger partial charge in [0.05, 0.1) is 22.1 Å². The van der Waals surface area contributed by atoms with Crippen molar-refractivity contribution in [1.82, 2.24) is 24.1 Å². The third-order valence-corrected chi connectivity index (χ3v) is 12.0. The van der Waals surface area contributed by atoms with Crippen LogP contribution in [0.4, 0.5) is 0 Å². The lowest BCUT2D eigenvalue weighted by Gasteiger charge is -2.15. The molecule has 0 fully saturated rings. The minimum Gasteiger partial charge on any atom is -0.309 e. The molecule has 5 nitrogen and oxygen atoms in total. The van der Waals surface area contributed by atoms with Crippen molar-refractivity contribution in [3.63, 3.8) is 0 Å². The van der Waals surface area contributed by atoms with Crippen LogP contribution in [0.15, 0.2) is 224 Å². The predicted octanol–water partition coefficient (Wildman–Crippen LogP) is 14.4. The first-order valence-corrected chi connectivity index (χ1v) is 20.9. The summed E-state index contributed by atoms with van der Waals surface area (Å²) in [5, 5.41) is 4.86. The van der Waals surface area contributed by atoms with E-state index in [0.717, 1.165) is 55.8 Å². The van der Waals surface area contributed by atoms with E-state index >= 15 is 0 Å². The highest BCUT2D eigenvalue weighted by Crippen LogP contribution is 2.39. The summed E-state index contributed by atoms with van der Waals surface area (Å²) in [6.45, 7) is 0. The molecule has 0 saturated heterocycles. The number of nitrogens with zero attached hydrogens (tertiary/aromatic N) is 5. The third-order valence-electron chi connectivity index (χ3n) is 12.0. The molecule has 0 atom stereocenters. The van der Waals surface area contributed by atoms with E-state index in [9.17, 15) is 0 Å². The molecule has 290 valence electrons. The van der Waals surface area contributed by atoms with Crippen molar-refractivity contribution in [2.24, 2.45) is 0 Å². The van der Waals surface area contributed by atoms with Gasteiger partial charge in [-0.2, -0.15) is 0 Å². The number of para-hydroxylation sites is 3. The molecule has 0 saturated carbocycles. The standard InChI is InChI=1S/C57H37N5/c1-4-16-38(17-5-1)40-28-30-42(31-29-40)56-58-55(41-20-8-3-9-21-41)59-57(60-56)44-34-43(39-18-6-2-7-19-39)35-46(36-44)62-53-27-15-12-24-49(53)50-37-45(32-33-54(50)62)61-51-25-13-10-22-47(51)48-23-11-14-26-52(48)61/h1-37H. The van der Waals surface area contributed by atoms with Crippen LogP contribution in [-0.4, -0.2) is 24.1 Å². The lowest BCUT2D eigenvalue weighted by atomic mass is 10.0.